The average molecular weight is 402 g/mol. The summed E-state index contributed by atoms with van der Waals surface area (Å²) in [5.41, 5.74) is 3.42. The van der Waals surface area contributed by atoms with E-state index in [1.165, 1.54) is 11.1 Å². The van der Waals surface area contributed by atoms with Gasteiger partial charge >= 0.3 is 0 Å². The molecule has 0 amide bonds. The Hall–Kier alpha value is -1.70. The monoisotopic (exact) mass is 401 g/mol. The summed E-state index contributed by atoms with van der Waals surface area (Å²) in [5.74, 6) is 1.70. The summed E-state index contributed by atoms with van der Waals surface area (Å²) in [6.45, 7) is 7.50. The van der Waals surface area contributed by atoms with Crippen LogP contribution in [0.4, 0.5) is 5.82 Å². The third kappa shape index (κ3) is 3.29. The predicted octanol–water partition coefficient (Wildman–Crippen LogP) is 2.00. The molecule has 6 nitrogen and oxygen atoms in total. The van der Waals surface area contributed by atoms with Gasteiger partial charge in [0.1, 0.15) is 5.82 Å². The number of aromatic nitrogens is 1. The number of sulfone groups is 1. The highest BCUT2D eigenvalue weighted by Gasteiger charge is 2.46. The fourth-order valence-electron chi connectivity index (χ4n) is 4.92. The summed E-state index contributed by atoms with van der Waals surface area (Å²) in [7, 11) is -2.90. The third-order valence-electron chi connectivity index (χ3n) is 6.42. The van der Waals surface area contributed by atoms with E-state index in [0.717, 1.165) is 62.5 Å². The van der Waals surface area contributed by atoms with E-state index in [1.54, 1.807) is 0 Å². The first-order valence-corrected chi connectivity index (χ1v) is 11.9. The molecular formula is C21H27N3O3S. The van der Waals surface area contributed by atoms with Crippen molar-refractivity contribution in [3.8, 4) is 0 Å². The van der Waals surface area contributed by atoms with Gasteiger partial charge in [-0.3, -0.25) is 4.90 Å². The molecule has 5 rings (SSSR count). The number of ether oxygens (including phenoxy) is 1. The maximum Gasteiger partial charge on any atom is 0.154 e. The van der Waals surface area contributed by atoms with Crippen molar-refractivity contribution in [1.82, 2.24) is 9.88 Å². The lowest BCUT2D eigenvalue weighted by molar-refractivity contribution is 0.122. The number of morpholine rings is 1. The van der Waals surface area contributed by atoms with Crippen LogP contribution >= 0.6 is 0 Å². The molecule has 0 N–H and O–H groups in total. The number of nitrogens with zero attached hydrogens (tertiary/aromatic N) is 3. The second-order valence-electron chi connectivity index (χ2n) is 8.41. The topological polar surface area (TPSA) is 62.7 Å². The molecule has 0 aliphatic carbocycles. The third-order valence-corrected chi connectivity index (χ3v) is 8.69. The summed E-state index contributed by atoms with van der Waals surface area (Å²) in [6, 6.07) is 8.63. The SMILES string of the molecule is Cc1ccc2cc(CN3C[C@@H]4CCS(=O)(=O)[C@@H]4C3)c(N3CCOCC3)nc2c1. The number of rotatable bonds is 3. The van der Waals surface area contributed by atoms with Crippen molar-refractivity contribution in [2.24, 2.45) is 5.92 Å². The minimum absolute atomic E-state index is 0.171. The molecule has 1 aromatic heterocycles. The summed E-state index contributed by atoms with van der Waals surface area (Å²) < 4.78 is 30.1. The number of hydrogen-bond donors (Lipinski definition) is 0. The normalized spacial score (nSPS) is 27.4. The standard InChI is InChI=1S/C21H27N3O3S/c1-15-2-3-16-11-18(13-23-12-17-4-9-28(25,26)20(17)14-23)21(22-19(16)10-15)24-5-7-27-8-6-24/h2-3,10-11,17,20H,4-9,12-14H2,1H3/t17-,20+/m0/s1. The van der Waals surface area contributed by atoms with E-state index in [2.05, 4.69) is 41.0 Å². The van der Waals surface area contributed by atoms with E-state index in [9.17, 15) is 8.42 Å². The fourth-order valence-corrected chi connectivity index (χ4v) is 7.10. The van der Waals surface area contributed by atoms with Gasteiger partial charge in [-0.25, -0.2) is 13.4 Å². The Balaban J connectivity index is 1.48. The van der Waals surface area contributed by atoms with Crippen molar-refractivity contribution in [3.63, 3.8) is 0 Å². The minimum Gasteiger partial charge on any atom is -0.378 e. The van der Waals surface area contributed by atoms with Gasteiger partial charge in [-0.2, -0.15) is 0 Å². The van der Waals surface area contributed by atoms with Gasteiger partial charge in [0.15, 0.2) is 9.84 Å². The zero-order valence-electron chi connectivity index (χ0n) is 16.3. The molecule has 2 aromatic rings. The van der Waals surface area contributed by atoms with Gasteiger partial charge in [-0.15, -0.1) is 0 Å². The lowest BCUT2D eigenvalue weighted by Gasteiger charge is -2.31. The van der Waals surface area contributed by atoms with Crippen LogP contribution in [0.2, 0.25) is 0 Å². The van der Waals surface area contributed by atoms with E-state index in [4.69, 9.17) is 9.72 Å². The molecule has 150 valence electrons. The van der Waals surface area contributed by atoms with Crippen LogP contribution in [0.25, 0.3) is 10.9 Å². The van der Waals surface area contributed by atoms with Crippen LogP contribution in [0.5, 0.6) is 0 Å². The van der Waals surface area contributed by atoms with Crippen molar-refractivity contribution < 1.29 is 13.2 Å². The van der Waals surface area contributed by atoms with Crippen LogP contribution in [0.3, 0.4) is 0 Å². The van der Waals surface area contributed by atoms with Crippen LogP contribution < -0.4 is 4.90 Å². The zero-order valence-corrected chi connectivity index (χ0v) is 17.1. The molecule has 2 atom stereocenters. The molecule has 0 radical (unpaired) electrons. The molecule has 3 fully saturated rings. The van der Waals surface area contributed by atoms with Crippen molar-refractivity contribution in [2.75, 3.05) is 50.0 Å². The molecule has 4 heterocycles. The fraction of sp³-hybridized carbons (Fsp3) is 0.571. The van der Waals surface area contributed by atoms with E-state index >= 15 is 0 Å². The van der Waals surface area contributed by atoms with Crippen LogP contribution in [-0.4, -0.2) is 68.7 Å². The lowest BCUT2D eigenvalue weighted by Crippen LogP contribution is -2.38. The summed E-state index contributed by atoms with van der Waals surface area (Å²) in [4.78, 5) is 9.65. The van der Waals surface area contributed by atoms with Gasteiger partial charge in [-0.05, 0) is 37.0 Å². The molecule has 1 aromatic carbocycles. The summed E-state index contributed by atoms with van der Waals surface area (Å²) in [6.07, 6.45) is 0.815. The zero-order chi connectivity index (χ0) is 19.3. The molecule has 7 heteroatoms. The van der Waals surface area contributed by atoms with Gasteiger partial charge in [-0.1, -0.05) is 12.1 Å². The molecule has 0 unspecified atom stereocenters. The van der Waals surface area contributed by atoms with Crippen molar-refractivity contribution in [2.45, 2.75) is 25.1 Å². The first-order valence-electron chi connectivity index (χ1n) is 10.2. The van der Waals surface area contributed by atoms with E-state index < -0.39 is 9.84 Å². The lowest BCUT2D eigenvalue weighted by atomic mass is 10.1. The molecule has 0 spiro atoms. The minimum atomic E-state index is -2.90. The number of pyridine rings is 1. The number of benzene rings is 1. The van der Waals surface area contributed by atoms with Crippen molar-refractivity contribution in [3.05, 3.63) is 35.4 Å². The molecule has 28 heavy (non-hydrogen) atoms. The molecule has 3 aliphatic rings. The number of fused-ring (bicyclic) bond motifs is 2. The smallest absolute Gasteiger partial charge is 0.154 e. The number of likely N-dealkylation sites (tertiary alicyclic amines) is 1. The highest BCUT2D eigenvalue weighted by Crippen LogP contribution is 2.35. The van der Waals surface area contributed by atoms with Crippen LogP contribution in [0.15, 0.2) is 24.3 Å². The van der Waals surface area contributed by atoms with E-state index in [1.807, 2.05) is 0 Å². The molecule has 3 aliphatic heterocycles. The first-order chi connectivity index (χ1) is 13.5. The summed E-state index contributed by atoms with van der Waals surface area (Å²) >= 11 is 0. The molecule has 0 saturated carbocycles. The Kier molecular flexibility index (Phi) is 4.56. The Morgan fingerprint density at radius 3 is 2.79 bits per heavy atom. The largest absolute Gasteiger partial charge is 0.378 e. The Bertz CT molecular complexity index is 1000. The molecular weight excluding hydrogens is 374 g/mol. The maximum absolute atomic E-state index is 12.3. The quantitative estimate of drug-likeness (QED) is 0.784. The number of aryl methyl sites for hydroxylation is 1. The van der Waals surface area contributed by atoms with Gasteiger partial charge < -0.3 is 9.64 Å². The van der Waals surface area contributed by atoms with Gasteiger partial charge in [0.05, 0.1) is 29.7 Å². The first kappa shape index (κ1) is 18.3. The van der Waals surface area contributed by atoms with Crippen LogP contribution in [0, 0.1) is 12.8 Å². The number of hydrogen-bond acceptors (Lipinski definition) is 6. The molecule has 3 saturated heterocycles. The van der Waals surface area contributed by atoms with Crippen molar-refractivity contribution >= 4 is 26.6 Å². The maximum atomic E-state index is 12.3. The Labute approximate surface area is 166 Å². The van der Waals surface area contributed by atoms with Crippen molar-refractivity contribution in [1.29, 1.82) is 0 Å². The van der Waals surface area contributed by atoms with Crippen LogP contribution in [0.1, 0.15) is 17.5 Å². The second-order valence-corrected chi connectivity index (χ2v) is 10.8. The Morgan fingerprint density at radius 1 is 1.18 bits per heavy atom. The summed E-state index contributed by atoms with van der Waals surface area (Å²) in [5, 5.41) is 0.972. The van der Waals surface area contributed by atoms with Gasteiger partial charge in [0, 0.05) is 43.7 Å². The molecule has 0 bridgehead atoms. The average Bonchev–Trinajstić information content (AvgIpc) is 3.22. The van der Waals surface area contributed by atoms with E-state index in [0.29, 0.717) is 18.2 Å². The van der Waals surface area contributed by atoms with Gasteiger partial charge in [0.25, 0.3) is 0 Å². The van der Waals surface area contributed by atoms with E-state index in [-0.39, 0.29) is 5.25 Å². The predicted molar refractivity (Wildman–Crippen MR) is 110 cm³/mol. The van der Waals surface area contributed by atoms with Gasteiger partial charge in [0.2, 0.25) is 0 Å². The second kappa shape index (κ2) is 6.97. The number of anilines is 1. The van der Waals surface area contributed by atoms with Crippen LogP contribution in [-0.2, 0) is 21.1 Å². The highest BCUT2D eigenvalue weighted by atomic mass is 32.2. The highest BCUT2D eigenvalue weighted by molar-refractivity contribution is 7.92. The Morgan fingerprint density at radius 2 is 2.00 bits per heavy atom.